The van der Waals surface area contributed by atoms with Crippen molar-refractivity contribution in [2.75, 3.05) is 18.0 Å². The van der Waals surface area contributed by atoms with Gasteiger partial charge in [-0.3, -0.25) is 0 Å². The van der Waals surface area contributed by atoms with E-state index in [4.69, 9.17) is 0 Å². The van der Waals surface area contributed by atoms with Crippen LogP contribution in [0.25, 0.3) is 0 Å². The van der Waals surface area contributed by atoms with Gasteiger partial charge in [-0.1, -0.05) is 11.3 Å². The standard InChI is InChI=1S/C13H14F3N3S2/c1-8-7-20-11(18-8)9-3-2-4-19(6-9)12-17-5-10(21-12)13(14,15)16/h5,7,9H,2-4,6H2,1H3. The lowest BCUT2D eigenvalue weighted by atomic mass is 9.99. The summed E-state index contributed by atoms with van der Waals surface area (Å²) < 4.78 is 38.0. The van der Waals surface area contributed by atoms with Gasteiger partial charge in [0.2, 0.25) is 0 Å². The molecule has 2 aromatic heterocycles. The molecule has 3 rings (SSSR count). The number of thiazole rings is 2. The number of hydrogen-bond acceptors (Lipinski definition) is 5. The largest absolute Gasteiger partial charge is 0.427 e. The van der Waals surface area contributed by atoms with Crippen LogP contribution in [0.15, 0.2) is 11.6 Å². The molecule has 1 atom stereocenters. The molecule has 1 unspecified atom stereocenters. The van der Waals surface area contributed by atoms with Gasteiger partial charge >= 0.3 is 6.18 Å². The molecule has 1 aliphatic rings. The van der Waals surface area contributed by atoms with Crippen molar-refractivity contribution in [1.29, 1.82) is 0 Å². The maximum atomic E-state index is 12.7. The highest BCUT2D eigenvalue weighted by atomic mass is 32.1. The Labute approximate surface area is 128 Å². The third-order valence-corrected chi connectivity index (χ3v) is 5.68. The molecular formula is C13H14F3N3S2. The second-order valence-electron chi connectivity index (χ2n) is 5.12. The van der Waals surface area contributed by atoms with Crippen LogP contribution in [-0.4, -0.2) is 23.1 Å². The van der Waals surface area contributed by atoms with Crippen LogP contribution in [0.3, 0.4) is 0 Å². The molecule has 0 bridgehead atoms. The van der Waals surface area contributed by atoms with Crippen LogP contribution in [-0.2, 0) is 6.18 Å². The lowest BCUT2D eigenvalue weighted by Gasteiger charge is -2.31. The van der Waals surface area contributed by atoms with Gasteiger partial charge in [-0.25, -0.2) is 9.97 Å². The molecule has 0 aliphatic carbocycles. The molecule has 21 heavy (non-hydrogen) atoms. The van der Waals surface area contributed by atoms with Crippen LogP contribution in [0.1, 0.15) is 34.3 Å². The summed E-state index contributed by atoms with van der Waals surface area (Å²) in [4.78, 5) is 9.76. The predicted molar refractivity (Wildman–Crippen MR) is 78.2 cm³/mol. The summed E-state index contributed by atoms with van der Waals surface area (Å²) in [5, 5.41) is 3.55. The zero-order valence-electron chi connectivity index (χ0n) is 11.4. The molecule has 1 saturated heterocycles. The first-order valence-corrected chi connectivity index (χ1v) is 8.33. The Morgan fingerprint density at radius 3 is 2.81 bits per heavy atom. The van der Waals surface area contributed by atoms with Gasteiger partial charge in [0.1, 0.15) is 4.88 Å². The van der Waals surface area contributed by atoms with E-state index < -0.39 is 11.1 Å². The lowest BCUT2D eigenvalue weighted by molar-refractivity contribution is -0.134. The van der Waals surface area contributed by atoms with Gasteiger partial charge in [-0.2, -0.15) is 13.2 Å². The summed E-state index contributed by atoms with van der Waals surface area (Å²) in [5.41, 5.74) is 1.00. The molecule has 8 heteroatoms. The third-order valence-electron chi connectivity index (χ3n) is 3.45. The van der Waals surface area contributed by atoms with E-state index in [9.17, 15) is 13.2 Å². The van der Waals surface area contributed by atoms with Crippen LogP contribution < -0.4 is 4.90 Å². The highest BCUT2D eigenvalue weighted by molar-refractivity contribution is 7.15. The fourth-order valence-electron chi connectivity index (χ4n) is 2.45. The molecular weight excluding hydrogens is 319 g/mol. The number of halogens is 3. The molecule has 114 valence electrons. The average Bonchev–Trinajstić information content (AvgIpc) is 3.07. The summed E-state index contributed by atoms with van der Waals surface area (Å²) in [5.74, 6) is 0.288. The van der Waals surface area contributed by atoms with E-state index >= 15 is 0 Å². The first-order chi connectivity index (χ1) is 9.93. The van der Waals surface area contributed by atoms with Crippen LogP contribution in [0.2, 0.25) is 0 Å². The zero-order valence-corrected chi connectivity index (χ0v) is 13.0. The Hall–Kier alpha value is -1.15. The van der Waals surface area contributed by atoms with Crippen molar-refractivity contribution in [2.45, 2.75) is 31.9 Å². The quantitative estimate of drug-likeness (QED) is 0.820. The number of nitrogens with zero attached hydrogens (tertiary/aromatic N) is 3. The van der Waals surface area contributed by atoms with Crippen LogP contribution in [0.4, 0.5) is 18.3 Å². The van der Waals surface area contributed by atoms with E-state index in [1.165, 1.54) is 0 Å². The highest BCUT2D eigenvalue weighted by Gasteiger charge is 2.34. The Balaban J connectivity index is 1.75. The molecule has 3 heterocycles. The normalized spacial score (nSPS) is 20.0. The predicted octanol–water partition coefficient (Wildman–Crippen LogP) is 4.31. The van der Waals surface area contributed by atoms with Crippen molar-refractivity contribution < 1.29 is 13.2 Å². The Kier molecular flexibility index (Phi) is 3.92. The van der Waals surface area contributed by atoms with E-state index in [2.05, 4.69) is 9.97 Å². The van der Waals surface area contributed by atoms with Gasteiger partial charge in [-0.15, -0.1) is 11.3 Å². The monoisotopic (exact) mass is 333 g/mol. The molecule has 0 aromatic carbocycles. The molecule has 1 fully saturated rings. The summed E-state index contributed by atoms with van der Waals surface area (Å²) >= 11 is 2.35. The molecule has 0 spiro atoms. The number of aryl methyl sites for hydroxylation is 1. The Bertz CT molecular complexity index is 620. The van der Waals surface area contributed by atoms with Gasteiger partial charge in [-0.05, 0) is 19.8 Å². The van der Waals surface area contributed by atoms with Gasteiger partial charge < -0.3 is 4.90 Å². The van der Waals surface area contributed by atoms with E-state index in [0.717, 1.165) is 47.6 Å². The van der Waals surface area contributed by atoms with Crippen molar-refractivity contribution in [3.8, 4) is 0 Å². The molecule has 3 nitrogen and oxygen atoms in total. The second-order valence-corrected chi connectivity index (χ2v) is 7.02. The number of rotatable bonds is 2. The van der Waals surface area contributed by atoms with Gasteiger partial charge in [0.25, 0.3) is 0 Å². The van der Waals surface area contributed by atoms with E-state index in [1.54, 1.807) is 11.3 Å². The van der Waals surface area contributed by atoms with Crippen LogP contribution >= 0.6 is 22.7 Å². The van der Waals surface area contributed by atoms with Crippen molar-refractivity contribution in [2.24, 2.45) is 0 Å². The van der Waals surface area contributed by atoms with E-state index in [0.29, 0.717) is 11.7 Å². The summed E-state index contributed by atoms with van der Waals surface area (Å²) in [6.45, 7) is 3.40. The molecule has 2 aromatic rings. The number of piperidine rings is 1. The SMILES string of the molecule is Cc1csc(C2CCCN(c3ncc(C(F)(F)F)s3)C2)n1. The Morgan fingerprint density at radius 2 is 2.19 bits per heavy atom. The van der Waals surface area contributed by atoms with Crippen molar-refractivity contribution in [1.82, 2.24) is 9.97 Å². The fourth-order valence-corrected chi connectivity index (χ4v) is 4.20. The molecule has 0 amide bonds. The maximum absolute atomic E-state index is 12.7. The van der Waals surface area contributed by atoms with Crippen molar-refractivity contribution in [3.05, 3.63) is 27.2 Å². The maximum Gasteiger partial charge on any atom is 0.427 e. The van der Waals surface area contributed by atoms with E-state index in [1.807, 2.05) is 17.2 Å². The fraction of sp³-hybridized carbons (Fsp3) is 0.538. The number of hydrogen-bond donors (Lipinski definition) is 0. The molecule has 0 radical (unpaired) electrons. The molecule has 1 aliphatic heterocycles. The zero-order chi connectivity index (χ0) is 15.0. The van der Waals surface area contributed by atoms with Crippen molar-refractivity contribution in [3.63, 3.8) is 0 Å². The van der Waals surface area contributed by atoms with Gasteiger partial charge in [0.05, 0.1) is 11.2 Å². The minimum atomic E-state index is -4.31. The summed E-state index contributed by atoms with van der Waals surface area (Å²) in [6, 6.07) is 0. The summed E-state index contributed by atoms with van der Waals surface area (Å²) in [7, 11) is 0. The minimum Gasteiger partial charge on any atom is -0.347 e. The Morgan fingerprint density at radius 1 is 1.38 bits per heavy atom. The smallest absolute Gasteiger partial charge is 0.347 e. The van der Waals surface area contributed by atoms with Gasteiger partial charge in [0.15, 0.2) is 5.13 Å². The highest BCUT2D eigenvalue weighted by Crippen LogP contribution is 2.38. The molecule has 0 saturated carbocycles. The van der Waals surface area contributed by atoms with Crippen molar-refractivity contribution >= 4 is 27.8 Å². The first-order valence-electron chi connectivity index (χ1n) is 6.63. The third kappa shape index (κ3) is 3.21. The van der Waals surface area contributed by atoms with E-state index in [-0.39, 0.29) is 5.92 Å². The van der Waals surface area contributed by atoms with Crippen LogP contribution in [0, 0.1) is 6.92 Å². The molecule has 0 N–H and O–H groups in total. The van der Waals surface area contributed by atoms with Crippen LogP contribution in [0.5, 0.6) is 0 Å². The minimum absolute atomic E-state index is 0.288. The summed E-state index contributed by atoms with van der Waals surface area (Å²) in [6.07, 6.45) is -1.40. The first kappa shape index (κ1) is 14.8. The lowest BCUT2D eigenvalue weighted by Crippen LogP contribution is -2.34. The number of alkyl halides is 3. The van der Waals surface area contributed by atoms with Gasteiger partial charge in [0, 0.05) is 30.1 Å². The number of aromatic nitrogens is 2. The number of anilines is 1. The average molecular weight is 333 g/mol. The second kappa shape index (κ2) is 5.57. The topological polar surface area (TPSA) is 29.0 Å².